The van der Waals surface area contributed by atoms with Crippen molar-refractivity contribution < 1.29 is 19.4 Å². The maximum atomic E-state index is 11.7. The predicted octanol–water partition coefficient (Wildman–Crippen LogP) is 1.99. The molecule has 0 saturated carbocycles. The van der Waals surface area contributed by atoms with E-state index in [0.717, 1.165) is 22.9 Å². The minimum absolute atomic E-state index is 0.265. The van der Waals surface area contributed by atoms with E-state index in [1.54, 1.807) is 24.2 Å². The first kappa shape index (κ1) is 19.9. The normalized spacial score (nSPS) is 18.0. The minimum Gasteiger partial charge on any atom is -0.496 e. The number of carbonyl (C=O) groups is 2. The fourth-order valence-corrected chi connectivity index (χ4v) is 3.57. The number of nitrogens with zero attached hydrogens (tertiary/aromatic N) is 4. The Labute approximate surface area is 169 Å². The van der Waals surface area contributed by atoms with Gasteiger partial charge in [0.15, 0.2) is 5.17 Å². The molecule has 28 heavy (non-hydrogen) atoms. The molecule has 1 aromatic heterocycles. The summed E-state index contributed by atoms with van der Waals surface area (Å²) in [5.41, 5.74) is 1.65. The molecular weight excluding hydrogens is 406 g/mol. The van der Waals surface area contributed by atoms with Crippen molar-refractivity contribution in [3.63, 3.8) is 0 Å². The number of hydrogen-bond acceptors (Lipinski definition) is 7. The van der Waals surface area contributed by atoms with Gasteiger partial charge < -0.3 is 15.2 Å². The van der Waals surface area contributed by atoms with Gasteiger partial charge in [-0.15, -0.1) is 5.10 Å². The number of aromatic nitrogens is 2. The number of ether oxygens (including phenoxy) is 1. The number of amidine groups is 1. The molecule has 0 aliphatic carbocycles. The lowest BCUT2D eigenvalue weighted by Gasteiger charge is -2.09. The van der Waals surface area contributed by atoms with Crippen molar-refractivity contribution >= 4 is 46.6 Å². The zero-order valence-electron chi connectivity index (χ0n) is 14.7. The summed E-state index contributed by atoms with van der Waals surface area (Å²) in [5.74, 6) is -0.724. The topological polar surface area (TPSA) is 118 Å². The second-order valence-corrected chi connectivity index (χ2v) is 7.40. The van der Waals surface area contributed by atoms with Crippen LogP contribution < -0.4 is 10.1 Å². The van der Waals surface area contributed by atoms with Crippen LogP contribution >= 0.6 is 23.4 Å². The average Bonchev–Trinajstić information content (AvgIpc) is 3.20. The number of hydrogen-bond donors (Lipinski definition) is 2. The number of aliphatic carboxylic acids is 1. The molecule has 1 unspecified atom stereocenters. The molecule has 2 aromatic rings. The Morgan fingerprint density at radius 1 is 1.54 bits per heavy atom. The van der Waals surface area contributed by atoms with Crippen LogP contribution in [0.4, 0.5) is 0 Å². The summed E-state index contributed by atoms with van der Waals surface area (Å²) >= 11 is 6.94. The smallest absolute Gasteiger partial charge is 0.305 e. The molecule has 2 heterocycles. The molecule has 0 radical (unpaired) electrons. The highest BCUT2D eigenvalue weighted by atomic mass is 35.5. The van der Waals surface area contributed by atoms with Gasteiger partial charge in [-0.2, -0.15) is 10.2 Å². The molecule has 1 amide bonds. The first-order valence-corrected chi connectivity index (χ1v) is 9.35. The monoisotopic (exact) mass is 421 g/mol. The zero-order valence-corrected chi connectivity index (χ0v) is 16.3. The third kappa shape index (κ3) is 5.11. The Morgan fingerprint density at radius 2 is 2.36 bits per heavy atom. The van der Waals surface area contributed by atoms with E-state index >= 15 is 0 Å². The van der Waals surface area contributed by atoms with E-state index in [1.807, 2.05) is 18.2 Å². The van der Waals surface area contributed by atoms with E-state index in [1.165, 1.54) is 6.21 Å². The molecule has 1 aliphatic rings. The van der Waals surface area contributed by atoms with Crippen molar-refractivity contribution in [1.82, 2.24) is 15.1 Å². The van der Waals surface area contributed by atoms with Gasteiger partial charge in [0, 0.05) is 11.8 Å². The highest BCUT2D eigenvalue weighted by molar-refractivity contribution is 8.15. The highest BCUT2D eigenvalue weighted by Crippen LogP contribution is 2.23. The van der Waals surface area contributed by atoms with Crippen LogP contribution in [0.1, 0.15) is 17.5 Å². The number of thioether (sulfide) groups is 1. The third-order valence-electron chi connectivity index (χ3n) is 3.73. The van der Waals surface area contributed by atoms with E-state index < -0.39 is 11.2 Å². The molecule has 11 heteroatoms. The lowest BCUT2D eigenvalue weighted by atomic mass is 10.1. The maximum Gasteiger partial charge on any atom is 0.305 e. The summed E-state index contributed by atoms with van der Waals surface area (Å²) in [6, 6.07) is 5.51. The van der Waals surface area contributed by atoms with Crippen LogP contribution in [0.5, 0.6) is 5.75 Å². The van der Waals surface area contributed by atoms with E-state index in [4.69, 9.17) is 21.4 Å². The second-order valence-electron chi connectivity index (χ2n) is 5.77. The van der Waals surface area contributed by atoms with Gasteiger partial charge in [-0.25, -0.2) is 0 Å². The van der Waals surface area contributed by atoms with Crippen LogP contribution in [0, 0.1) is 0 Å². The Bertz CT molecular complexity index is 959. The molecule has 1 saturated heterocycles. The molecule has 1 atom stereocenters. The van der Waals surface area contributed by atoms with Crippen molar-refractivity contribution in [2.24, 2.45) is 10.2 Å². The van der Waals surface area contributed by atoms with Crippen molar-refractivity contribution in [1.29, 1.82) is 0 Å². The standard InChI is InChI=1S/C17H16ClN5O4S/c1-27-13-3-2-10(4-11(13)8-23-9-12(18)7-20-23)6-19-22-17-21-16(26)14(28-17)5-15(24)25/h2-4,6-7,9,14H,5,8H2,1H3,(H,24,25)(H,21,22,26). The van der Waals surface area contributed by atoms with Gasteiger partial charge in [0.2, 0.25) is 5.91 Å². The molecule has 9 nitrogen and oxygen atoms in total. The highest BCUT2D eigenvalue weighted by Gasteiger charge is 2.32. The van der Waals surface area contributed by atoms with Crippen LogP contribution in [0.3, 0.4) is 0 Å². The fourth-order valence-electron chi connectivity index (χ4n) is 2.49. The van der Waals surface area contributed by atoms with Crippen LogP contribution in [0.25, 0.3) is 0 Å². The van der Waals surface area contributed by atoms with Gasteiger partial charge in [0.05, 0.1) is 37.5 Å². The van der Waals surface area contributed by atoms with E-state index in [0.29, 0.717) is 17.3 Å². The molecular formula is C17H16ClN5O4S. The van der Waals surface area contributed by atoms with E-state index in [-0.39, 0.29) is 17.5 Å². The van der Waals surface area contributed by atoms with Crippen LogP contribution in [0.2, 0.25) is 5.02 Å². The number of methoxy groups -OCH3 is 1. The van der Waals surface area contributed by atoms with E-state index in [9.17, 15) is 9.59 Å². The number of carboxylic acids is 1. The summed E-state index contributed by atoms with van der Waals surface area (Å²) in [6.45, 7) is 0.467. The third-order valence-corrected chi connectivity index (χ3v) is 5.00. The summed E-state index contributed by atoms with van der Waals surface area (Å²) in [4.78, 5) is 22.4. The van der Waals surface area contributed by atoms with Crippen LogP contribution in [-0.4, -0.2) is 50.5 Å². The van der Waals surface area contributed by atoms with Gasteiger partial charge >= 0.3 is 5.97 Å². The van der Waals surface area contributed by atoms with Gasteiger partial charge in [0.25, 0.3) is 0 Å². The summed E-state index contributed by atoms with van der Waals surface area (Å²) < 4.78 is 7.06. The van der Waals surface area contributed by atoms with Crippen LogP contribution in [-0.2, 0) is 16.1 Å². The Morgan fingerprint density at radius 3 is 3.04 bits per heavy atom. The summed E-state index contributed by atoms with van der Waals surface area (Å²) in [5, 5.41) is 23.5. The molecule has 1 aromatic carbocycles. The molecule has 2 N–H and O–H groups in total. The van der Waals surface area contributed by atoms with Crippen molar-refractivity contribution in [3.8, 4) is 5.75 Å². The Kier molecular flexibility index (Phi) is 6.32. The SMILES string of the molecule is COc1ccc(C=NN=C2NC(=O)C(CC(=O)O)S2)cc1Cn1cc(Cl)cn1. The molecule has 3 rings (SSSR count). The van der Waals surface area contributed by atoms with Gasteiger partial charge in [-0.05, 0) is 23.8 Å². The lowest BCUT2D eigenvalue weighted by Crippen LogP contribution is -2.26. The first-order valence-electron chi connectivity index (χ1n) is 8.10. The fraction of sp³-hybridized carbons (Fsp3) is 0.235. The molecule has 0 bridgehead atoms. The number of rotatable bonds is 7. The molecule has 1 fully saturated rings. The number of nitrogens with one attached hydrogen (secondary N) is 1. The molecule has 146 valence electrons. The number of amides is 1. The maximum absolute atomic E-state index is 11.7. The van der Waals surface area contributed by atoms with Crippen molar-refractivity contribution in [3.05, 3.63) is 46.7 Å². The Hall–Kier alpha value is -2.85. The zero-order chi connectivity index (χ0) is 20.1. The summed E-state index contributed by atoms with van der Waals surface area (Å²) in [7, 11) is 1.59. The van der Waals surface area contributed by atoms with Gasteiger partial charge in [-0.1, -0.05) is 23.4 Å². The first-order chi connectivity index (χ1) is 13.4. The number of carbonyl (C=O) groups excluding carboxylic acids is 1. The van der Waals surface area contributed by atoms with Gasteiger partial charge in [-0.3, -0.25) is 14.3 Å². The molecule has 1 aliphatic heterocycles. The lowest BCUT2D eigenvalue weighted by molar-refractivity contribution is -0.138. The average molecular weight is 422 g/mol. The second kappa shape index (κ2) is 8.89. The number of carboxylic acid groups (broad SMARTS) is 1. The van der Waals surface area contributed by atoms with Crippen LogP contribution in [0.15, 0.2) is 40.8 Å². The number of benzene rings is 1. The molecule has 0 spiro atoms. The predicted molar refractivity (Wildman–Crippen MR) is 106 cm³/mol. The number of halogens is 1. The minimum atomic E-state index is -1.04. The van der Waals surface area contributed by atoms with Crippen molar-refractivity contribution in [2.75, 3.05) is 7.11 Å². The van der Waals surface area contributed by atoms with E-state index in [2.05, 4.69) is 20.6 Å². The van der Waals surface area contributed by atoms with Gasteiger partial charge in [0.1, 0.15) is 11.0 Å². The summed E-state index contributed by atoms with van der Waals surface area (Å²) in [6.07, 6.45) is 4.53. The largest absolute Gasteiger partial charge is 0.496 e. The quantitative estimate of drug-likeness (QED) is 0.521. The Balaban J connectivity index is 1.71. The van der Waals surface area contributed by atoms with Crippen molar-refractivity contribution in [2.45, 2.75) is 18.2 Å².